The number of aliphatic hydroxyl groups excluding tert-OH is 1. The summed E-state index contributed by atoms with van der Waals surface area (Å²) in [6, 6.07) is 4.26. The van der Waals surface area contributed by atoms with Crippen molar-refractivity contribution in [3.63, 3.8) is 0 Å². The molecule has 0 bridgehead atoms. The Kier molecular flexibility index (Phi) is 7.70. The highest BCUT2D eigenvalue weighted by atomic mass is 16.6. The molecule has 0 saturated carbocycles. The third-order valence-corrected chi connectivity index (χ3v) is 9.13. The Morgan fingerprint density at radius 2 is 1.77 bits per heavy atom. The number of hydrogen-bond donors (Lipinski definition) is 1. The van der Waals surface area contributed by atoms with Gasteiger partial charge in [0.25, 0.3) is 5.91 Å². The van der Waals surface area contributed by atoms with Crippen LogP contribution in [0.3, 0.4) is 0 Å². The van der Waals surface area contributed by atoms with Crippen LogP contribution in [0.4, 0.5) is 5.69 Å². The SMILES string of the molecule is CC[C@@]12/C=C\CCCOC(=O)[C@@H]1[C@H]1C(=O)N([C@@H](CO)CC(C)C)C3C(=O)N(c4c(C)cccc4C)CC=C[C@@]31O2. The normalized spacial score (nSPS) is 33.5. The zero-order valence-corrected chi connectivity index (χ0v) is 24.3. The molecular weight excluding hydrogens is 508 g/mol. The number of nitrogens with zero attached hydrogens (tertiary/aromatic N) is 2. The highest BCUT2D eigenvalue weighted by molar-refractivity contribution is 6.06. The topological polar surface area (TPSA) is 96.4 Å². The molecule has 1 unspecified atom stereocenters. The van der Waals surface area contributed by atoms with Gasteiger partial charge in [-0.1, -0.05) is 63.3 Å². The summed E-state index contributed by atoms with van der Waals surface area (Å²) in [5.74, 6) is -2.76. The molecule has 216 valence electrons. The zero-order valence-electron chi connectivity index (χ0n) is 24.3. The predicted octanol–water partition coefficient (Wildman–Crippen LogP) is 3.87. The lowest BCUT2D eigenvalue weighted by atomic mass is 9.73. The Bertz CT molecular complexity index is 1220. The fraction of sp³-hybridized carbons (Fsp3) is 0.594. The van der Waals surface area contributed by atoms with Gasteiger partial charge in [0.1, 0.15) is 23.2 Å². The summed E-state index contributed by atoms with van der Waals surface area (Å²) in [4.78, 5) is 46.4. The van der Waals surface area contributed by atoms with Gasteiger partial charge in [0.15, 0.2) is 0 Å². The van der Waals surface area contributed by atoms with E-state index in [0.29, 0.717) is 25.8 Å². The van der Waals surface area contributed by atoms with Crippen LogP contribution in [0, 0.1) is 31.6 Å². The number of carbonyl (C=O) groups excluding carboxylic acids is 3. The first-order chi connectivity index (χ1) is 19.1. The van der Waals surface area contributed by atoms with Crippen LogP contribution in [0.25, 0.3) is 0 Å². The third kappa shape index (κ3) is 4.31. The molecule has 5 rings (SSSR count). The fourth-order valence-corrected chi connectivity index (χ4v) is 7.46. The van der Waals surface area contributed by atoms with Crippen LogP contribution >= 0.6 is 0 Å². The second-order valence-electron chi connectivity index (χ2n) is 12.1. The number of amides is 2. The molecule has 0 aromatic heterocycles. The summed E-state index contributed by atoms with van der Waals surface area (Å²) in [6.45, 7) is 10.2. The van der Waals surface area contributed by atoms with E-state index < -0.39 is 41.1 Å². The van der Waals surface area contributed by atoms with Crippen LogP contribution in [0.1, 0.15) is 57.6 Å². The first-order valence-corrected chi connectivity index (χ1v) is 14.6. The number of rotatable bonds is 6. The minimum Gasteiger partial charge on any atom is -0.465 e. The number of likely N-dealkylation sites (tertiary alicyclic amines) is 1. The van der Waals surface area contributed by atoms with E-state index in [-0.39, 0.29) is 30.9 Å². The van der Waals surface area contributed by atoms with Crippen molar-refractivity contribution < 1.29 is 29.0 Å². The number of para-hydroxylation sites is 1. The van der Waals surface area contributed by atoms with Gasteiger partial charge in [-0.3, -0.25) is 14.4 Å². The standard InChI is InChI=1S/C32H42N2O6/c1-6-31-14-8-7-9-17-39-30(38)25(31)24-28(36)34(23(19-35)18-20(2)3)27-29(37)33(16-11-15-32(24,27)40-31)26-21(4)12-10-13-22(26)5/h8,10-15,20,23-25,27,35H,6-7,9,16-19H2,1-5H3/b14-8-/t23-,24+,25+,27?,31-,32+/m1/s1. The minimum absolute atomic E-state index is 0.168. The molecule has 1 N–H and O–H groups in total. The molecular formula is C32H42N2O6. The van der Waals surface area contributed by atoms with Crippen LogP contribution in [0.5, 0.6) is 0 Å². The highest BCUT2D eigenvalue weighted by Gasteiger charge is 2.76. The number of cyclic esters (lactones) is 1. The first-order valence-electron chi connectivity index (χ1n) is 14.6. The van der Waals surface area contributed by atoms with E-state index in [1.807, 2.05) is 77.1 Å². The molecule has 1 spiro atoms. The molecule has 4 aliphatic heterocycles. The summed E-state index contributed by atoms with van der Waals surface area (Å²) in [5, 5.41) is 10.6. The number of carbonyl (C=O) groups is 3. The summed E-state index contributed by atoms with van der Waals surface area (Å²) in [5.41, 5.74) is 0.240. The summed E-state index contributed by atoms with van der Waals surface area (Å²) >= 11 is 0. The lowest BCUT2D eigenvalue weighted by Gasteiger charge is -2.41. The second kappa shape index (κ2) is 10.8. The van der Waals surface area contributed by atoms with Crippen LogP contribution < -0.4 is 4.90 Å². The van der Waals surface area contributed by atoms with Gasteiger partial charge in [-0.2, -0.15) is 0 Å². The number of aryl methyl sites for hydroxylation is 2. The molecule has 4 heterocycles. The average molecular weight is 551 g/mol. The monoisotopic (exact) mass is 550 g/mol. The van der Waals surface area contributed by atoms with Crippen molar-refractivity contribution in [2.45, 2.75) is 83.6 Å². The van der Waals surface area contributed by atoms with Crippen molar-refractivity contribution >= 4 is 23.5 Å². The molecule has 0 aliphatic carbocycles. The maximum Gasteiger partial charge on any atom is 0.313 e. The third-order valence-electron chi connectivity index (χ3n) is 9.13. The van der Waals surface area contributed by atoms with E-state index in [1.165, 1.54) is 0 Å². The van der Waals surface area contributed by atoms with Crippen molar-refractivity contribution in [3.05, 3.63) is 53.6 Å². The quantitative estimate of drug-likeness (QED) is 0.427. The highest BCUT2D eigenvalue weighted by Crippen LogP contribution is 2.59. The van der Waals surface area contributed by atoms with E-state index in [9.17, 15) is 19.5 Å². The molecule has 4 aliphatic rings. The average Bonchev–Trinajstić information content (AvgIpc) is 3.30. The van der Waals surface area contributed by atoms with Crippen molar-refractivity contribution in [2.75, 3.05) is 24.7 Å². The Hall–Kier alpha value is -2.97. The van der Waals surface area contributed by atoms with Crippen molar-refractivity contribution in [2.24, 2.45) is 17.8 Å². The molecule has 6 atom stereocenters. The van der Waals surface area contributed by atoms with Gasteiger partial charge < -0.3 is 24.4 Å². The van der Waals surface area contributed by atoms with Crippen molar-refractivity contribution in [1.82, 2.24) is 4.90 Å². The second-order valence-corrected chi connectivity index (χ2v) is 12.1. The summed E-state index contributed by atoms with van der Waals surface area (Å²) < 4.78 is 12.7. The van der Waals surface area contributed by atoms with E-state index in [1.54, 1.807) is 9.80 Å². The van der Waals surface area contributed by atoms with Gasteiger partial charge in [-0.25, -0.2) is 0 Å². The summed E-state index contributed by atoms with van der Waals surface area (Å²) in [7, 11) is 0. The number of ether oxygens (including phenoxy) is 2. The van der Waals surface area contributed by atoms with Crippen LogP contribution in [-0.4, -0.2) is 70.8 Å². The Morgan fingerprint density at radius 1 is 1.05 bits per heavy atom. The molecule has 8 nitrogen and oxygen atoms in total. The Morgan fingerprint density at radius 3 is 2.42 bits per heavy atom. The van der Waals surface area contributed by atoms with Gasteiger partial charge >= 0.3 is 5.97 Å². The van der Waals surface area contributed by atoms with Crippen LogP contribution in [-0.2, 0) is 23.9 Å². The van der Waals surface area contributed by atoms with Gasteiger partial charge in [0.05, 0.1) is 25.2 Å². The van der Waals surface area contributed by atoms with Crippen molar-refractivity contribution in [1.29, 1.82) is 0 Å². The lowest BCUT2D eigenvalue weighted by Crippen LogP contribution is -2.59. The number of allylic oxidation sites excluding steroid dienone is 1. The largest absolute Gasteiger partial charge is 0.465 e. The molecule has 0 radical (unpaired) electrons. The molecule has 2 fully saturated rings. The lowest BCUT2D eigenvalue weighted by molar-refractivity contribution is -0.161. The van der Waals surface area contributed by atoms with Crippen LogP contribution in [0.15, 0.2) is 42.5 Å². The number of aliphatic hydroxyl groups is 1. The number of hydrogen-bond acceptors (Lipinski definition) is 6. The van der Waals surface area contributed by atoms with Crippen LogP contribution in [0.2, 0.25) is 0 Å². The number of fused-ring (bicyclic) bond motifs is 2. The molecule has 1 aromatic carbocycles. The van der Waals surface area contributed by atoms with Gasteiger partial charge in [0, 0.05) is 12.2 Å². The van der Waals surface area contributed by atoms with E-state index in [4.69, 9.17) is 9.47 Å². The maximum absolute atomic E-state index is 14.8. The molecule has 2 amide bonds. The van der Waals surface area contributed by atoms with Crippen molar-refractivity contribution in [3.8, 4) is 0 Å². The minimum atomic E-state index is -1.38. The Labute approximate surface area is 237 Å². The predicted molar refractivity (Wildman–Crippen MR) is 152 cm³/mol. The number of benzene rings is 1. The molecule has 8 heteroatoms. The zero-order chi connectivity index (χ0) is 28.8. The first kappa shape index (κ1) is 28.6. The molecule has 2 saturated heterocycles. The Balaban J connectivity index is 1.72. The summed E-state index contributed by atoms with van der Waals surface area (Å²) in [6.07, 6.45) is 10.1. The van der Waals surface area contributed by atoms with Gasteiger partial charge in [-0.15, -0.1) is 0 Å². The van der Waals surface area contributed by atoms with E-state index in [0.717, 1.165) is 23.2 Å². The van der Waals surface area contributed by atoms with Gasteiger partial charge in [0.2, 0.25) is 5.91 Å². The fourth-order valence-electron chi connectivity index (χ4n) is 7.46. The number of esters is 1. The molecule has 40 heavy (non-hydrogen) atoms. The number of anilines is 1. The van der Waals surface area contributed by atoms with E-state index >= 15 is 0 Å². The van der Waals surface area contributed by atoms with E-state index in [2.05, 4.69) is 0 Å². The van der Waals surface area contributed by atoms with Gasteiger partial charge in [-0.05, 0) is 56.6 Å². The smallest absolute Gasteiger partial charge is 0.313 e. The maximum atomic E-state index is 14.8. The molecule has 1 aromatic rings.